The lowest BCUT2D eigenvalue weighted by atomic mass is 9.92. The first-order valence-electron chi connectivity index (χ1n) is 6.35. The van der Waals surface area contributed by atoms with Gasteiger partial charge in [-0.15, -0.1) is 0 Å². The van der Waals surface area contributed by atoms with Crippen molar-refractivity contribution in [2.75, 3.05) is 19.7 Å². The SMILES string of the molecule is CC(c1cc(Br)ccc1F)N1CC(C)(OCC(=O)O)C1. The Balaban J connectivity index is 1.98. The van der Waals surface area contributed by atoms with E-state index < -0.39 is 11.6 Å². The Morgan fingerprint density at radius 3 is 2.85 bits per heavy atom. The molecule has 0 spiro atoms. The fourth-order valence-corrected chi connectivity index (χ4v) is 2.82. The summed E-state index contributed by atoms with van der Waals surface area (Å²) in [6.45, 7) is 4.68. The Morgan fingerprint density at radius 1 is 1.60 bits per heavy atom. The third kappa shape index (κ3) is 3.37. The quantitative estimate of drug-likeness (QED) is 0.891. The Labute approximate surface area is 125 Å². The molecule has 0 saturated carbocycles. The average molecular weight is 346 g/mol. The van der Waals surface area contributed by atoms with Crippen molar-refractivity contribution >= 4 is 21.9 Å². The first-order valence-corrected chi connectivity index (χ1v) is 7.15. The van der Waals surface area contributed by atoms with Crippen molar-refractivity contribution < 1.29 is 19.0 Å². The molecule has 1 aromatic rings. The van der Waals surface area contributed by atoms with Crippen LogP contribution in [0.2, 0.25) is 0 Å². The molecule has 0 bridgehead atoms. The molecule has 6 heteroatoms. The fraction of sp³-hybridized carbons (Fsp3) is 0.500. The number of aliphatic carboxylic acids is 1. The highest BCUT2D eigenvalue weighted by atomic mass is 79.9. The average Bonchev–Trinajstić information content (AvgIpc) is 2.35. The number of hydrogen-bond donors (Lipinski definition) is 1. The van der Waals surface area contributed by atoms with Crippen molar-refractivity contribution in [3.63, 3.8) is 0 Å². The standard InChI is InChI=1S/C14H17BrFNO3/c1-9(11-5-10(15)3-4-12(11)16)17-7-14(2,8-17)20-6-13(18)19/h3-5,9H,6-8H2,1-2H3,(H,18,19). The smallest absolute Gasteiger partial charge is 0.329 e. The highest BCUT2D eigenvalue weighted by molar-refractivity contribution is 9.10. The van der Waals surface area contributed by atoms with E-state index in [2.05, 4.69) is 20.8 Å². The number of ether oxygens (including phenoxy) is 1. The monoisotopic (exact) mass is 345 g/mol. The van der Waals surface area contributed by atoms with Gasteiger partial charge in [0.05, 0.1) is 5.60 Å². The number of carboxylic acid groups (broad SMARTS) is 1. The van der Waals surface area contributed by atoms with E-state index in [0.717, 1.165) is 4.47 Å². The van der Waals surface area contributed by atoms with E-state index in [1.54, 1.807) is 12.1 Å². The second kappa shape index (κ2) is 5.79. The van der Waals surface area contributed by atoms with Crippen LogP contribution < -0.4 is 0 Å². The minimum absolute atomic E-state index is 0.0750. The molecule has 1 heterocycles. The van der Waals surface area contributed by atoms with Crippen LogP contribution in [0.4, 0.5) is 4.39 Å². The van der Waals surface area contributed by atoms with Gasteiger partial charge in [0.25, 0.3) is 0 Å². The third-order valence-corrected chi connectivity index (χ3v) is 4.07. The van der Waals surface area contributed by atoms with Gasteiger partial charge in [-0.25, -0.2) is 9.18 Å². The van der Waals surface area contributed by atoms with E-state index >= 15 is 0 Å². The van der Waals surface area contributed by atoms with Crippen molar-refractivity contribution in [1.29, 1.82) is 0 Å². The molecular formula is C14H17BrFNO3. The summed E-state index contributed by atoms with van der Waals surface area (Å²) in [5.41, 5.74) is 0.162. The molecule has 1 saturated heterocycles. The maximum absolute atomic E-state index is 13.8. The summed E-state index contributed by atoms with van der Waals surface area (Å²) in [4.78, 5) is 12.6. The number of likely N-dealkylation sites (tertiary alicyclic amines) is 1. The molecule has 0 aromatic heterocycles. The number of carboxylic acids is 1. The highest BCUT2D eigenvalue weighted by Gasteiger charge is 2.42. The van der Waals surface area contributed by atoms with Gasteiger partial charge in [0.15, 0.2) is 0 Å². The lowest BCUT2D eigenvalue weighted by molar-refractivity contribution is -0.169. The first-order chi connectivity index (χ1) is 9.31. The van der Waals surface area contributed by atoms with Crippen LogP contribution in [-0.2, 0) is 9.53 Å². The zero-order valence-electron chi connectivity index (χ0n) is 11.4. The topological polar surface area (TPSA) is 49.8 Å². The minimum Gasteiger partial charge on any atom is -0.480 e. The fourth-order valence-electron chi connectivity index (χ4n) is 2.45. The van der Waals surface area contributed by atoms with Crippen molar-refractivity contribution in [2.24, 2.45) is 0 Å². The van der Waals surface area contributed by atoms with Crippen LogP contribution in [0.5, 0.6) is 0 Å². The second-order valence-corrected chi connectivity index (χ2v) is 6.29. The van der Waals surface area contributed by atoms with Crippen LogP contribution in [0.3, 0.4) is 0 Å². The predicted octanol–water partition coefficient (Wildman–Crippen LogP) is 2.82. The maximum Gasteiger partial charge on any atom is 0.329 e. The highest BCUT2D eigenvalue weighted by Crippen LogP contribution is 2.34. The number of benzene rings is 1. The summed E-state index contributed by atoms with van der Waals surface area (Å²) >= 11 is 3.34. The molecule has 0 radical (unpaired) electrons. The zero-order chi connectivity index (χ0) is 14.9. The predicted molar refractivity (Wildman–Crippen MR) is 76.1 cm³/mol. The molecule has 1 aliphatic rings. The van der Waals surface area contributed by atoms with Crippen molar-refractivity contribution in [1.82, 2.24) is 4.90 Å². The largest absolute Gasteiger partial charge is 0.480 e. The number of nitrogens with zero attached hydrogens (tertiary/aromatic N) is 1. The summed E-state index contributed by atoms with van der Waals surface area (Å²) in [5, 5.41) is 8.62. The van der Waals surface area contributed by atoms with E-state index in [1.165, 1.54) is 6.07 Å². The van der Waals surface area contributed by atoms with Crippen molar-refractivity contribution in [3.8, 4) is 0 Å². The van der Waals surface area contributed by atoms with Crippen LogP contribution in [0.1, 0.15) is 25.5 Å². The molecule has 1 unspecified atom stereocenters. The molecule has 0 aliphatic carbocycles. The lowest BCUT2D eigenvalue weighted by Crippen LogP contribution is -2.62. The number of rotatable bonds is 5. The number of hydrogen-bond acceptors (Lipinski definition) is 3. The molecule has 1 aromatic carbocycles. The lowest BCUT2D eigenvalue weighted by Gasteiger charge is -2.50. The molecule has 1 fully saturated rings. The molecule has 1 atom stereocenters. The summed E-state index contributed by atoms with van der Waals surface area (Å²) < 4.78 is 20.0. The molecule has 110 valence electrons. The molecule has 4 nitrogen and oxygen atoms in total. The number of halogens is 2. The molecule has 1 aliphatic heterocycles. The van der Waals surface area contributed by atoms with Gasteiger partial charge < -0.3 is 9.84 Å². The normalized spacial score (nSPS) is 19.4. The van der Waals surface area contributed by atoms with Gasteiger partial charge in [0.2, 0.25) is 0 Å². The maximum atomic E-state index is 13.8. The molecule has 20 heavy (non-hydrogen) atoms. The zero-order valence-corrected chi connectivity index (χ0v) is 13.0. The van der Waals surface area contributed by atoms with E-state index in [-0.39, 0.29) is 18.5 Å². The van der Waals surface area contributed by atoms with Crippen LogP contribution in [0.25, 0.3) is 0 Å². The van der Waals surface area contributed by atoms with E-state index in [0.29, 0.717) is 18.7 Å². The molecular weight excluding hydrogens is 329 g/mol. The Hall–Kier alpha value is -0.980. The van der Waals surface area contributed by atoms with Gasteiger partial charge >= 0.3 is 5.97 Å². The van der Waals surface area contributed by atoms with Gasteiger partial charge in [0.1, 0.15) is 12.4 Å². The molecule has 0 amide bonds. The van der Waals surface area contributed by atoms with Gasteiger partial charge in [-0.2, -0.15) is 0 Å². The summed E-state index contributed by atoms with van der Waals surface area (Å²) in [6, 6.07) is 4.81. The van der Waals surface area contributed by atoms with Gasteiger partial charge in [-0.1, -0.05) is 15.9 Å². The molecule has 2 rings (SSSR count). The summed E-state index contributed by atoms with van der Waals surface area (Å²) in [5.74, 6) is -1.21. The van der Waals surface area contributed by atoms with Crippen LogP contribution >= 0.6 is 15.9 Å². The Bertz CT molecular complexity index is 517. The van der Waals surface area contributed by atoms with Gasteiger partial charge in [0, 0.05) is 29.2 Å². The van der Waals surface area contributed by atoms with E-state index in [9.17, 15) is 9.18 Å². The van der Waals surface area contributed by atoms with Crippen LogP contribution in [0, 0.1) is 5.82 Å². The first kappa shape index (κ1) is 15.4. The number of carbonyl (C=O) groups is 1. The van der Waals surface area contributed by atoms with E-state index in [4.69, 9.17) is 9.84 Å². The van der Waals surface area contributed by atoms with Crippen LogP contribution in [0.15, 0.2) is 22.7 Å². The third-order valence-electron chi connectivity index (χ3n) is 3.58. The van der Waals surface area contributed by atoms with Gasteiger partial charge in [-0.05, 0) is 32.0 Å². The summed E-state index contributed by atoms with van der Waals surface area (Å²) in [7, 11) is 0. The van der Waals surface area contributed by atoms with Gasteiger partial charge in [-0.3, -0.25) is 4.90 Å². The molecule has 1 N–H and O–H groups in total. The second-order valence-electron chi connectivity index (χ2n) is 5.38. The Kier molecular flexibility index (Phi) is 4.46. The minimum atomic E-state index is -0.976. The van der Waals surface area contributed by atoms with Crippen LogP contribution in [-0.4, -0.2) is 41.3 Å². The summed E-state index contributed by atoms with van der Waals surface area (Å²) in [6.07, 6.45) is 0. The Morgan fingerprint density at radius 2 is 2.25 bits per heavy atom. The van der Waals surface area contributed by atoms with Crippen molar-refractivity contribution in [2.45, 2.75) is 25.5 Å². The van der Waals surface area contributed by atoms with Crippen molar-refractivity contribution in [3.05, 3.63) is 34.1 Å². The van der Waals surface area contributed by atoms with E-state index in [1.807, 2.05) is 13.8 Å².